The Labute approximate surface area is 178 Å². The summed E-state index contributed by atoms with van der Waals surface area (Å²) in [4.78, 5) is 17.1. The summed E-state index contributed by atoms with van der Waals surface area (Å²) in [5.41, 5.74) is 3.19. The number of ether oxygens (including phenoxy) is 3. The van der Waals surface area contributed by atoms with Gasteiger partial charge in [-0.25, -0.2) is 9.78 Å². The Morgan fingerprint density at radius 1 is 1.06 bits per heavy atom. The monoisotopic (exact) mass is 419 g/mol. The highest BCUT2D eigenvalue weighted by Gasteiger charge is 2.26. The van der Waals surface area contributed by atoms with Gasteiger partial charge in [-0.3, -0.25) is 0 Å². The number of oxazole rings is 1. The third-order valence-corrected chi connectivity index (χ3v) is 4.84. The number of methoxy groups -OCH3 is 2. The average molecular weight is 419 g/mol. The Morgan fingerprint density at radius 2 is 1.84 bits per heavy atom. The molecule has 4 aromatic rings. The van der Waals surface area contributed by atoms with E-state index in [1.54, 1.807) is 49.6 Å². The summed E-state index contributed by atoms with van der Waals surface area (Å²) in [7, 11) is 2.86. The molecule has 1 heterocycles. The summed E-state index contributed by atoms with van der Waals surface area (Å²) >= 11 is 0. The molecule has 0 amide bonds. The number of nitrogens with zero attached hydrogens (tertiary/aromatic N) is 1. The molecule has 0 spiro atoms. The van der Waals surface area contributed by atoms with Gasteiger partial charge in [-0.1, -0.05) is 36.4 Å². The number of aliphatic hydroxyl groups excluding tert-OH is 1. The molecule has 1 N–H and O–H groups in total. The molecule has 0 aliphatic heterocycles. The Kier molecular flexibility index (Phi) is 5.86. The molecule has 0 aliphatic carbocycles. The van der Waals surface area contributed by atoms with E-state index in [0.717, 1.165) is 5.56 Å². The number of aromatic nitrogens is 1. The molecule has 7 heteroatoms. The van der Waals surface area contributed by atoms with Crippen LogP contribution in [0.25, 0.3) is 22.6 Å². The number of benzene rings is 3. The van der Waals surface area contributed by atoms with Crippen molar-refractivity contribution in [3.63, 3.8) is 0 Å². The maximum atomic E-state index is 12.5. The van der Waals surface area contributed by atoms with Crippen molar-refractivity contribution in [3.05, 3.63) is 77.9 Å². The van der Waals surface area contributed by atoms with Crippen LogP contribution in [0.4, 0.5) is 0 Å². The number of fused-ring (bicyclic) bond motifs is 1. The van der Waals surface area contributed by atoms with Crippen LogP contribution in [0.3, 0.4) is 0 Å². The average Bonchev–Trinajstić information content (AvgIpc) is 3.26. The highest BCUT2D eigenvalue weighted by molar-refractivity contribution is 5.79. The first-order valence-electron chi connectivity index (χ1n) is 9.61. The van der Waals surface area contributed by atoms with Gasteiger partial charge in [0.05, 0.1) is 26.4 Å². The molecule has 0 saturated heterocycles. The lowest BCUT2D eigenvalue weighted by Gasteiger charge is -2.19. The van der Waals surface area contributed by atoms with Gasteiger partial charge in [0.2, 0.25) is 12.0 Å². The Hall–Kier alpha value is -3.84. The maximum absolute atomic E-state index is 12.5. The zero-order chi connectivity index (χ0) is 21.8. The minimum atomic E-state index is -1.02. The lowest BCUT2D eigenvalue weighted by Crippen LogP contribution is -2.20. The Balaban J connectivity index is 1.77. The first-order chi connectivity index (χ1) is 15.1. The van der Waals surface area contributed by atoms with Gasteiger partial charge >= 0.3 is 5.97 Å². The summed E-state index contributed by atoms with van der Waals surface area (Å²) < 4.78 is 22.3. The van der Waals surface area contributed by atoms with Crippen LogP contribution in [0.2, 0.25) is 0 Å². The van der Waals surface area contributed by atoms with Gasteiger partial charge in [0.1, 0.15) is 17.0 Å². The molecule has 1 aromatic heterocycles. The van der Waals surface area contributed by atoms with Crippen LogP contribution in [-0.4, -0.2) is 30.3 Å². The fourth-order valence-corrected chi connectivity index (χ4v) is 3.18. The zero-order valence-corrected chi connectivity index (χ0v) is 17.1. The molecule has 0 aliphatic rings. The first-order valence-corrected chi connectivity index (χ1v) is 9.61. The van der Waals surface area contributed by atoms with Crippen molar-refractivity contribution in [2.45, 2.75) is 12.7 Å². The molecule has 0 bridgehead atoms. The third-order valence-electron chi connectivity index (χ3n) is 4.84. The van der Waals surface area contributed by atoms with Crippen molar-refractivity contribution in [2.24, 2.45) is 0 Å². The van der Waals surface area contributed by atoms with E-state index in [9.17, 15) is 9.90 Å². The number of hydrogen-bond donors (Lipinski definition) is 1. The predicted molar refractivity (Wildman–Crippen MR) is 114 cm³/mol. The minimum absolute atomic E-state index is 0.0929. The number of esters is 1. The summed E-state index contributed by atoms with van der Waals surface area (Å²) in [6.07, 6.45) is -1.02. The molecule has 31 heavy (non-hydrogen) atoms. The standard InChI is InChI=1S/C24H21NO6/c1-28-17-11-12-20(18(13-17)23-25-19-5-3-4-6-21(19)31-23)30-22(24(27)29-2)16-9-7-15(14-26)8-10-16/h3-13,22,26H,14H2,1-2H3. The number of aliphatic hydroxyl groups is 1. The van der Waals surface area contributed by atoms with Gasteiger partial charge in [0.15, 0.2) is 5.58 Å². The Morgan fingerprint density at radius 3 is 2.52 bits per heavy atom. The third kappa shape index (κ3) is 4.22. The van der Waals surface area contributed by atoms with E-state index in [2.05, 4.69) is 4.98 Å². The van der Waals surface area contributed by atoms with Gasteiger partial charge in [0.25, 0.3) is 0 Å². The van der Waals surface area contributed by atoms with E-state index >= 15 is 0 Å². The molecule has 4 rings (SSSR count). The van der Waals surface area contributed by atoms with E-state index < -0.39 is 12.1 Å². The number of hydrogen-bond acceptors (Lipinski definition) is 7. The van der Waals surface area contributed by atoms with E-state index in [0.29, 0.717) is 39.6 Å². The van der Waals surface area contributed by atoms with Crippen LogP contribution in [0, 0.1) is 0 Å². The van der Waals surface area contributed by atoms with Crippen molar-refractivity contribution in [1.29, 1.82) is 0 Å². The van der Waals surface area contributed by atoms with Crippen LogP contribution in [0.15, 0.2) is 71.1 Å². The van der Waals surface area contributed by atoms with Crippen molar-refractivity contribution < 1.29 is 28.5 Å². The summed E-state index contributed by atoms with van der Waals surface area (Å²) in [6.45, 7) is -0.0929. The summed E-state index contributed by atoms with van der Waals surface area (Å²) in [5, 5.41) is 9.28. The molecule has 0 radical (unpaired) electrons. The quantitative estimate of drug-likeness (QED) is 0.447. The van der Waals surface area contributed by atoms with E-state index in [4.69, 9.17) is 18.6 Å². The number of carbonyl (C=O) groups is 1. The lowest BCUT2D eigenvalue weighted by atomic mass is 10.1. The molecule has 0 saturated carbocycles. The largest absolute Gasteiger partial charge is 0.497 e. The SMILES string of the molecule is COC(=O)C(Oc1ccc(OC)cc1-c1nc2ccccc2o1)c1ccc(CO)cc1. The van der Waals surface area contributed by atoms with Crippen LogP contribution in [0.1, 0.15) is 17.2 Å². The van der Waals surface area contributed by atoms with E-state index in [1.165, 1.54) is 7.11 Å². The maximum Gasteiger partial charge on any atom is 0.351 e. The molecule has 7 nitrogen and oxygen atoms in total. The smallest absolute Gasteiger partial charge is 0.351 e. The second-order valence-corrected chi connectivity index (χ2v) is 6.77. The van der Waals surface area contributed by atoms with Crippen molar-refractivity contribution in [2.75, 3.05) is 14.2 Å². The normalized spacial score (nSPS) is 11.8. The second kappa shape index (κ2) is 8.89. The van der Waals surface area contributed by atoms with Crippen LogP contribution in [0.5, 0.6) is 11.5 Å². The summed E-state index contributed by atoms with van der Waals surface area (Å²) in [6, 6.07) is 19.5. The molecule has 0 fully saturated rings. The van der Waals surface area contributed by atoms with Crippen molar-refractivity contribution in [1.82, 2.24) is 4.98 Å². The molecular formula is C24H21NO6. The molecule has 1 unspecified atom stereocenters. The van der Waals surface area contributed by atoms with E-state index in [1.807, 2.05) is 24.3 Å². The first kappa shape index (κ1) is 20.4. The zero-order valence-electron chi connectivity index (χ0n) is 17.1. The fraction of sp³-hybridized carbons (Fsp3) is 0.167. The molecular weight excluding hydrogens is 398 g/mol. The fourth-order valence-electron chi connectivity index (χ4n) is 3.18. The van der Waals surface area contributed by atoms with Crippen molar-refractivity contribution in [3.8, 4) is 23.0 Å². The van der Waals surface area contributed by atoms with Crippen LogP contribution >= 0.6 is 0 Å². The second-order valence-electron chi connectivity index (χ2n) is 6.77. The van der Waals surface area contributed by atoms with Gasteiger partial charge in [-0.05, 0) is 35.9 Å². The number of rotatable bonds is 7. The van der Waals surface area contributed by atoms with Crippen LogP contribution in [-0.2, 0) is 16.1 Å². The van der Waals surface area contributed by atoms with E-state index in [-0.39, 0.29) is 6.61 Å². The van der Waals surface area contributed by atoms with Crippen LogP contribution < -0.4 is 9.47 Å². The summed E-state index contributed by atoms with van der Waals surface area (Å²) in [5.74, 6) is 0.755. The molecule has 3 aromatic carbocycles. The van der Waals surface area contributed by atoms with Gasteiger partial charge < -0.3 is 23.7 Å². The molecule has 1 atom stereocenters. The van der Waals surface area contributed by atoms with Gasteiger partial charge in [0, 0.05) is 5.56 Å². The number of carbonyl (C=O) groups excluding carboxylic acids is 1. The van der Waals surface area contributed by atoms with Gasteiger partial charge in [-0.2, -0.15) is 0 Å². The van der Waals surface area contributed by atoms with Crippen molar-refractivity contribution >= 4 is 17.1 Å². The Bertz CT molecular complexity index is 1170. The minimum Gasteiger partial charge on any atom is -0.497 e. The molecule has 158 valence electrons. The van der Waals surface area contributed by atoms with Gasteiger partial charge in [-0.15, -0.1) is 0 Å². The number of para-hydroxylation sites is 2. The topological polar surface area (TPSA) is 91.0 Å². The predicted octanol–water partition coefficient (Wildman–Crippen LogP) is 4.29. The highest BCUT2D eigenvalue weighted by Crippen LogP contribution is 2.37. The lowest BCUT2D eigenvalue weighted by molar-refractivity contribution is -0.149. The highest BCUT2D eigenvalue weighted by atomic mass is 16.6.